The van der Waals surface area contributed by atoms with Gasteiger partial charge in [0.1, 0.15) is 0 Å². The van der Waals surface area contributed by atoms with Crippen LogP contribution in [0.25, 0.3) is 0 Å². The molecule has 1 nitrogen and oxygen atoms in total. The lowest BCUT2D eigenvalue weighted by Crippen LogP contribution is -2.58. The molecule has 0 aliphatic carbocycles. The average molecular weight is 298 g/mol. The van der Waals surface area contributed by atoms with E-state index in [2.05, 4.69) is 81.1 Å². The van der Waals surface area contributed by atoms with Crippen molar-refractivity contribution >= 4 is 0 Å². The van der Waals surface area contributed by atoms with Gasteiger partial charge < -0.3 is 0 Å². The predicted molar refractivity (Wildman–Crippen MR) is 97.9 cm³/mol. The predicted octanol–water partition coefficient (Wildman–Crippen LogP) is 6.52. The van der Waals surface area contributed by atoms with E-state index in [0.29, 0.717) is 10.8 Å². The summed E-state index contributed by atoms with van der Waals surface area (Å²) in [7, 11) is 0. The standard InChI is InChI=1S/C20H43N/c1-12-13-14-21(19(8,9)15-17(2,3)4)20(10,11)16-18(5,6)7/h12-16H2,1-11H3. The van der Waals surface area contributed by atoms with Gasteiger partial charge in [0.15, 0.2) is 0 Å². The molecule has 0 heterocycles. The molecule has 0 atom stereocenters. The van der Waals surface area contributed by atoms with E-state index >= 15 is 0 Å². The quantitative estimate of drug-likeness (QED) is 0.517. The number of hydrogen-bond donors (Lipinski definition) is 0. The smallest absolute Gasteiger partial charge is 0.0163 e. The minimum Gasteiger partial charge on any atom is -0.293 e. The molecule has 0 amide bonds. The first kappa shape index (κ1) is 21.0. The Morgan fingerprint density at radius 3 is 1.19 bits per heavy atom. The summed E-state index contributed by atoms with van der Waals surface area (Å²) >= 11 is 0. The lowest BCUT2D eigenvalue weighted by molar-refractivity contribution is -0.0263. The third-order valence-corrected chi connectivity index (χ3v) is 4.12. The summed E-state index contributed by atoms with van der Waals surface area (Å²) in [4.78, 5) is 2.79. The van der Waals surface area contributed by atoms with Gasteiger partial charge in [-0.2, -0.15) is 0 Å². The van der Waals surface area contributed by atoms with E-state index in [0.717, 1.165) is 0 Å². The highest BCUT2D eigenvalue weighted by molar-refractivity contribution is 4.96. The summed E-state index contributed by atoms with van der Waals surface area (Å²) in [6.45, 7) is 27.5. The van der Waals surface area contributed by atoms with Crippen LogP contribution in [-0.4, -0.2) is 22.5 Å². The monoisotopic (exact) mass is 297 g/mol. The van der Waals surface area contributed by atoms with Crippen molar-refractivity contribution in [3.05, 3.63) is 0 Å². The van der Waals surface area contributed by atoms with Crippen LogP contribution in [0, 0.1) is 10.8 Å². The molecular formula is C20H43N. The Labute approximate surface area is 135 Å². The van der Waals surface area contributed by atoms with Gasteiger partial charge in [-0.05, 0) is 64.3 Å². The Hall–Kier alpha value is -0.0400. The molecular weight excluding hydrogens is 254 g/mol. The van der Waals surface area contributed by atoms with Gasteiger partial charge in [-0.1, -0.05) is 54.9 Å². The van der Waals surface area contributed by atoms with Crippen molar-refractivity contribution in [2.75, 3.05) is 6.54 Å². The van der Waals surface area contributed by atoms with Crippen LogP contribution >= 0.6 is 0 Å². The highest BCUT2D eigenvalue weighted by atomic mass is 15.2. The number of unbranched alkanes of at least 4 members (excludes halogenated alkanes) is 1. The van der Waals surface area contributed by atoms with Gasteiger partial charge in [0.2, 0.25) is 0 Å². The van der Waals surface area contributed by atoms with Crippen LogP contribution in [0.15, 0.2) is 0 Å². The Morgan fingerprint density at radius 1 is 0.619 bits per heavy atom. The summed E-state index contributed by atoms with van der Waals surface area (Å²) in [5.41, 5.74) is 1.21. The first-order valence-corrected chi connectivity index (χ1v) is 8.88. The molecule has 0 saturated heterocycles. The largest absolute Gasteiger partial charge is 0.293 e. The van der Waals surface area contributed by atoms with Crippen LogP contribution in [0.3, 0.4) is 0 Å². The summed E-state index contributed by atoms with van der Waals surface area (Å²) in [5, 5.41) is 0. The Bertz CT molecular complexity index is 271. The Balaban J connectivity index is 5.35. The number of nitrogens with zero attached hydrogens (tertiary/aromatic N) is 1. The van der Waals surface area contributed by atoms with E-state index in [1.54, 1.807) is 0 Å². The molecule has 0 spiro atoms. The zero-order valence-electron chi connectivity index (χ0n) is 17.0. The van der Waals surface area contributed by atoms with Crippen LogP contribution in [0.1, 0.15) is 102 Å². The molecule has 0 aliphatic heterocycles. The van der Waals surface area contributed by atoms with Gasteiger partial charge in [-0.15, -0.1) is 0 Å². The van der Waals surface area contributed by atoms with Crippen molar-refractivity contribution < 1.29 is 0 Å². The molecule has 0 unspecified atom stereocenters. The minimum absolute atomic E-state index is 0.238. The lowest BCUT2D eigenvalue weighted by atomic mass is 9.75. The third kappa shape index (κ3) is 8.24. The summed E-state index contributed by atoms with van der Waals surface area (Å²) in [5.74, 6) is 0. The first-order chi connectivity index (χ1) is 9.11. The molecule has 128 valence electrons. The third-order valence-electron chi connectivity index (χ3n) is 4.12. The van der Waals surface area contributed by atoms with Crippen LogP contribution in [-0.2, 0) is 0 Å². The van der Waals surface area contributed by atoms with Gasteiger partial charge >= 0.3 is 0 Å². The highest BCUT2D eigenvalue weighted by Crippen LogP contribution is 2.39. The number of hydrogen-bond acceptors (Lipinski definition) is 1. The minimum atomic E-state index is 0.238. The molecule has 21 heavy (non-hydrogen) atoms. The molecule has 0 rings (SSSR count). The van der Waals surface area contributed by atoms with E-state index in [-0.39, 0.29) is 11.1 Å². The van der Waals surface area contributed by atoms with Crippen molar-refractivity contribution in [3.63, 3.8) is 0 Å². The Kier molecular flexibility index (Phi) is 7.01. The van der Waals surface area contributed by atoms with Crippen LogP contribution in [0.4, 0.5) is 0 Å². The van der Waals surface area contributed by atoms with E-state index in [4.69, 9.17) is 0 Å². The maximum Gasteiger partial charge on any atom is 0.0163 e. The lowest BCUT2D eigenvalue weighted by Gasteiger charge is -2.52. The summed E-state index contributed by atoms with van der Waals surface area (Å²) < 4.78 is 0. The van der Waals surface area contributed by atoms with Gasteiger partial charge in [0.05, 0.1) is 0 Å². The molecule has 0 radical (unpaired) electrons. The van der Waals surface area contributed by atoms with Gasteiger partial charge in [-0.25, -0.2) is 0 Å². The maximum absolute atomic E-state index is 2.79. The summed E-state index contributed by atoms with van der Waals surface area (Å²) in [6.07, 6.45) is 5.03. The molecule has 0 aromatic rings. The summed E-state index contributed by atoms with van der Waals surface area (Å²) in [6, 6.07) is 0. The van der Waals surface area contributed by atoms with Gasteiger partial charge in [-0.3, -0.25) is 4.90 Å². The zero-order valence-corrected chi connectivity index (χ0v) is 17.0. The highest BCUT2D eigenvalue weighted by Gasteiger charge is 2.40. The van der Waals surface area contributed by atoms with Crippen LogP contribution in [0.5, 0.6) is 0 Å². The fraction of sp³-hybridized carbons (Fsp3) is 1.00. The van der Waals surface area contributed by atoms with Crippen molar-refractivity contribution in [2.45, 2.75) is 113 Å². The molecule has 1 heteroatoms. The second kappa shape index (κ2) is 7.02. The van der Waals surface area contributed by atoms with Crippen molar-refractivity contribution in [1.82, 2.24) is 4.90 Å². The van der Waals surface area contributed by atoms with Crippen LogP contribution in [0.2, 0.25) is 0 Å². The van der Waals surface area contributed by atoms with Gasteiger partial charge in [0, 0.05) is 11.1 Å². The van der Waals surface area contributed by atoms with Crippen molar-refractivity contribution in [2.24, 2.45) is 10.8 Å². The normalized spacial score (nSPS) is 14.9. The maximum atomic E-state index is 2.79. The molecule has 0 aliphatic rings. The van der Waals surface area contributed by atoms with E-state index < -0.39 is 0 Å². The fourth-order valence-corrected chi connectivity index (χ4v) is 4.53. The van der Waals surface area contributed by atoms with Crippen LogP contribution < -0.4 is 0 Å². The fourth-order valence-electron chi connectivity index (χ4n) is 4.53. The number of rotatable bonds is 7. The van der Waals surface area contributed by atoms with E-state index in [1.807, 2.05) is 0 Å². The molecule has 0 N–H and O–H groups in total. The Morgan fingerprint density at radius 2 is 0.952 bits per heavy atom. The SMILES string of the molecule is CCCCN(C(C)(C)CC(C)(C)C)C(C)(C)CC(C)(C)C. The molecule has 0 fully saturated rings. The van der Waals surface area contributed by atoms with Crippen molar-refractivity contribution in [3.8, 4) is 0 Å². The molecule has 0 aromatic carbocycles. The topological polar surface area (TPSA) is 3.24 Å². The molecule has 0 aromatic heterocycles. The average Bonchev–Trinajstić information content (AvgIpc) is 2.08. The first-order valence-electron chi connectivity index (χ1n) is 8.88. The van der Waals surface area contributed by atoms with E-state index in [1.165, 1.54) is 32.2 Å². The molecule has 0 saturated carbocycles. The zero-order chi connectivity index (χ0) is 17.1. The van der Waals surface area contributed by atoms with E-state index in [9.17, 15) is 0 Å². The second-order valence-electron chi connectivity index (χ2n) is 10.6. The van der Waals surface area contributed by atoms with Crippen molar-refractivity contribution in [1.29, 1.82) is 0 Å². The molecule has 0 bridgehead atoms. The van der Waals surface area contributed by atoms with Gasteiger partial charge in [0.25, 0.3) is 0 Å². The second-order valence-corrected chi connectivity index (χ2v) is 10.6.